The van der Waals surface area contributed by atoms with E-state index in [1.165, 1.54) is 0 Å². The molecule has 1 aromatic rings. The number of rotatable bonds is 6. The number of nitrogens with two attached hydrogens (primary N) is 2. The normalized spacial score (nSPS) is 12.0. The van der Waals surface area contributed by atoms with Gasteiger partial charge in [0.05, 0.1) is 14.2 Å². The highest BCUT2D eigenvalue weighted by Crippen LogP contribution is 2.39. The lowest BCUT2D eigenvalue weighted by Gasteiger charge is -2.17. The summed E-state index contributed by atoms with van der Waals surface area (Å²) in [5, 5.41) is 0. The molecular weight excluding hydrogens is 300 g/mol. The summed E-state index contributed by atoms with van der Waals surface area (Å²) in [6, 6.07) is 3.31. The predicted molar refractivity (Wildman–Crippen MR) is 72.6 cm³/mol. The molecule has 0 fully saturated rings. The van der Waals surface area contributed by atoms with Gasteiger partial charge < -0.3 is 20.9 Å². The van der Waals surface area contributed by atoms with Crippen LogP contribution >= 0.6 is 15.9 Å². The topological polar surface area (TPSA) is 87.6 Å². The van der Waals surface area contributed by atoms with Crippen molar-refractivity contribution in [1.29, 1.82) is 0 Å². The number of carbonyl (C=O) groups is 1. The van der Waals surface area contributed by atoms with Crippen LogP contribution in [0.2, 0.25) is 0 Å². The largest absolute Gasteiger partial charge is 0.495 e. The molecule has 0 saturated carbocycles. The van der Waals surface area contributed by atoms with Crippen molar-refractivity contribution in [3.63, 3.8) is 0 Å². The molecule has 0 saturated heterocycles. The van der Waals surface area contributed by atoms with Crippen LogP contribution in [-0.2, 0) is 4.79 Å². The number of ether oxygens (including phenoxy) is 2. The van der Waals surface area contributed by atoms with Crippen LogP contribution < -0.4 is 20.9 Å². The Labute approximate surface area is 115 Å². The van der Waals surface area contributed by atoms with Gasteiger partial charge in [0.1, 0.15) is 16.0 Å². The Morgan fingerprint density at radius 2 is 2.06 bits per heavy atom. The van der Waals surface area contributed by atoms with Crippen LogP contribution in [0.25, 0.3) is 0 Å². The summed E-state index contributed by atoms with van der Waals surface area (Å²) in [4.78, 5) is 10.8. The summed E-state index contributed by atoms with van der Waals surface area (Å²) in [7, 11) is 3.13. The number of halogens is 1. The standard InChI is InChI=1S/C12H17BrN2O3/c1-17-9-5-3-7(12(18-2)11(9)13)8(14)4-6-10(15)16/h3,5,8H,4,6,14H2,1-2H3,(H2,15,16). The van der Waals surface area contributed by atoms with Gasteiger partial charge in [-0.25, -0.2) is 0 Å². The van der Waals surface area contributed by atoms with Gasteiger partial charge in [0.25, 0.3) is 0 Å². The van der Waals surface area contributed by atoms with E-state index in [9.17, 15) is 4.79 Å². The molecular formula is C12H17BrN2O3. The molecule has 6 heteroatoms. The van der Waals surface area contributed by atoms with Crippen molar-refractivity contribution in [2.75, 3.05) is 14.2 Å². The third kappa shape index (κ3) is 3.36. The van der Waals surface area contributed by atoms with E-state index in [0.29, 0.717) is 22.4 Å². The van der Waals surface area contributed by atoms with E-state index in [-0.39, 0.29) is 18.4 Å². The molecule has 0 aliphatic carbocycles. The fraction of sp³-hybridized carbons (Fsp3) is 0.417. The van der Waals surface area contributed by atoms with Gasteiger partial charge in [0.15, 0.2) is 0 Å². The summed E-state index contributed by atoms with van der Waals surface area (Å²) in [5.41, 5.74) is 12.0. The van der Waals surface area contributed by atoms with E-state index in [1.807, 2.05) is 6.07 Å². The molecule has 0 aromatic heterocycles. The van der Waals surface area contributed by atoms with Gasteiger partial charge in [-0.1, -0.05) is 0 Å². The van der Waals surface area contributed by atoms with Crippen LogP contribution in [0.5, 0.6) is 11.5 Å². The molecule has 0 bridgehead atoms. The van der Waals surface area contributed by atoms with Crippen molar-refractivity contribution in [1.82, 2.24) is 0 Å². The number of amides is 1. The number of primary amides is 1. The average molecular weight is 317 g/mol. The van der Waals surface area contributed by atoms with Crippen LogP contribution in [0.1, 0.15) is 24.4 Å². The Bertz CT molecular complexity index is 438. The molecule has 100 valence electrons. The zero-order valence-electron chi connectivity index (χ0n) is 10.4. The highest BCUT2D eigenvalue weighted by molar-refractivity contribution is 9.10. The van der Waals surface area contributed by atoms with Crippen LogP contribution in [0, 0.1) is 0 Å². The van der Waals surface area contributed by atoms with E-state index < -0.39 is 0 Å². The van der Waals surface area contributed by atoms with Gasteiger partial charge in [-0.05, 0) is 34.5 Å². The summed E-state index contributed by atoms with van der Waals surface area (Å²) < 4.78 is 11.2. The van der Waals surface area contributed by atoms with E-state index in [4.69, 9.17) is 20.9 Å². The molecule has 1 amide bonds. The second kappa shape index (κ2) is 6.61. The zero-order chi connectivity index (χ0) is 13.7. The van der Waals surface area contributed by atoms with Crippen molar-refractivity contribution in [3.05, 3.63) is 22.2 Å². The first-order valence-corrected chi connectivity index (χ1v) is 6.24. The fourth-order valence-corrected chi connectivity index (χ4v) is 2.35. The molecule has 5 nitrogen and oxygen atoms in total. The van der Waals surface area contributed by atoms with Crippen LogP contribution in [0.4, 0.5) is 0 Å². The molecule has 0 radical (unpaired) electrons. The number of hydrogen-bond acceptors (Lipinski definition) is 4. The molecule has 0 heterocycles. The number of benzene rings is 1. The van der Waals surface area contributed by atoms with Crippen LogP contribution in [0.3, 0.4) is 0 Å². The monoisotopic (exact) mass is 316 g/mol. The second-order valence-corrected chi connectivity index (χ2v) is 4.61. The Balaban J connectivity index is 3.01. The SMILES string of the molecule is COc1ccc(C(N)CCC(N)=O)c(OC)c1Br. The van der Waals surface area contributed by atoms with Crippen molar-refractivity contribution >= 4 is 21.8 Å². The van der Waals surface area contributed by atoms with E-state index in [1.54, 1.807) is 20.3 Å². The average Bonchev–Trinajstić information content (AvgIpc) is 2.35. The van der Waals surface area contributed by atoms with Crippen molar-refractivity contribution in [2.45, 2.75) is 18.9 Å². The van der Waals surface area contributed by atoms with Gasteiger partial charge in [0.2, 0.25) is 5.91 Å². The fourth-order valence-electron chi connectivity index (χ4n) is 1.66. The lowest BCUT2D eigenvalue weighted by Crippen LogP contribution is -2.17. The second-order valence-electron chi connectivity index (χ2n) is 3.82. The maximum atomic E-state index is 10.8. The molecule has 0 aliphatic heterocycles. The van der Waals surface area contributed by atoms with Gasteiger partial charge >= 0.3 is 0 Å². The van der Waals surface area contributed by atoms with Gasteiger partial charge in [-0.2, -0.15) is 0 Å². The Kier molecular flexibility index (Phi) is 5.43. The molecule has 4 N–H and O–H groups in total. The van der Waals surface area contributed by atoms with Crippen LogP contribution in [0.15, 0.2) is 16.6 Å². The van der Waals surface area contributed by atoms with Crippen LogP contribution in [-0.4, -0.2) is 20.1 Å². The minimum atomic E-state index is -0.364. The highest BCUT2D eigenvalue weighted by atomic mass is 79.9. The van der Waals surface area contributed by atoms with E-state index >= 15 is 0 Å². The summed E-state index contributed by atoms with van der Waals surface area (Å²) in [5.74, 6) is 0.918. The Morgan fingerprint density at radius 3 is 2.56 bits per heavy atom. The minimum Gasteiger partial charge on any atom is -0.495 e. The third-order valence-electron chi connectivity index (χ3n) is 2.62. The zero-order valence-corrected chi connectivity index (χ0v) is 12.0. The maximum Gasteiger partial charge on any atom is 0.217 e. The maximum absolute atomic E-state index is 10.8. The van der Waals surface area contributed by atoms with Crippen molar-refractivity contribution in [2.24, 2.45) is 11.5 Å². The van der Waals surface area contributed by atoms with Gasteiger partial charge in [-0.15, -0.1) is 0 Å². The quantitative estimate of drug-likeness (QED) is 0.836. The number of hydrogen-bond donors (Lipinski definition) is 2. The first kappa shape index (κ1) is 14.8. The molecule has 18 heavy (non-hydrogen) atoms. The molecule has 1 unspecified atom stereocenters. The third-order valence-corrected chi connectivity index (χ3v) is 3.37. The molecule has 1 rings (SSSR count). The molecule has 0 spiro atoms. The first-order chi connectivity index (χ1) is 8.51. The van der Waals surface area contributed by atoms with Crippen molar-refractivity contribution < 1.29 is 14.3 Å². The predicted octanol–water partition coefficient (Wildman–Crippen LogP) is 1.73. The smallest absolute Gasteiger partial charge is 0.217 e. The lowest BCUT2D eigenvalue weighted by molar-refractivity contribution is -0.118. The first-order valence-electron chi connectivity index (χ1n) is 5.45. The molecule has 1 aromatic carbocycles. The molecule has 0 aliphatic rings. The summed E-state index contributed by atoms with van der Waals surface area (Å²) >= 11 is 3.40. The minimum absolute atomic E-state index is 0.244. The Morgan fingerprint density at radius 1 is 1.39 bits per heavy atom. The summed E-state index contributed by atoms with van der Waals surface area (Å²) in [6.45, 7) is 0. The number of carbonyl (C=O) groups excluding carboxylic acids is 1. The number of methoxy groups -OCH3 is 2. The Hall–Kier alpha value is -1.27. The van der Waals surface area contributed by atoms with Gasteiger partial charge in [-0.3, -0.25) is 4.79 Å². The van der Waals surface area contributed by atoms with E-state index in [0.717, 1.165) is 5.56 Å². The lowest BCUT2D eigenvalue weighted by atomic mass is 10.0. The van der Waals surface area contributed by atoms with Gasteiger partial charge in [0, 0.05) is 18.0 Å². The van der Waals surface area contributed by atoms with Crippen molar-refractivity contribution in [3.8, 4) is 11.5 Å². The molecule has 1 atom stereocenters. The summed E-state index contributed by atoms with van der Waals surface area (Å²) in [6.07, 6.45) is 0.721. The van der Waals surface area contributed by atoms with E-state index in [2.05, 4.69) is 15.9 Å². The highest BCUT2D eigenvalue weighted by Gasteiger charge is 2.18.